The molecule has 1 saturated carbocycles. The minimum absolute atomic E-state index is 0.0462. The van der Waals surface area contributed by atoms with E-state index < -0.39 is 33.4 Å². The SMILES string of the molecule is Cc1cc(CN2C(=O)C3C=C(S(=O)(=O)NC4(C)CC4)C=CC3=[N+](CCCN3CCN(C)CC3)C2=O)on1. The number of fused-ring (bicyclic) bond motifs is 1. The van der Waals surface area contributed by atoms with E-state index in [0.29, 0.717) is 23.7 Å². The molecule has 0 spiro atoms. The number of amides is 3. The maximum absolute atomic E-state index is 13.5. The summed E-state index contributed by atoms with van der Waals surface area (Å²) in [5.74, 6) is -0.959. The third-order valence-electron chi connectivity index (χ3n) is 7.51. The predicted octanol–water partition coefficient (Wildman–Crippen LogP) is 1.08. The number of carbonyl (C=O) groups is 2. The van der Waals surface area contributed by atoms with Crippen molar-refractivity contribution in [2.24, 2.45) is 5.92 Å². The van der Waals surface area contributed by atoms with Crippen molar-refractivity contribution < 1.29 is 27.1 Å². The van der Waals surface area contributed by atoms with Gasteiger partial charge in [-0.05, 0) is 58.4 Å². The lowest BCUT2D eigenvalue weighted by Gasteiger charge is -2.32. The number of aromatic nitrogens is 1. The molecule has 1 saturated heterocycles. The number of urea groups is 1. The lowest BCUT2D eigenvalue weighted by Crippen LogP contribution is -2.54. The molecule has 0 bridgehead atoms. The molecule has 12 heteroatoms. The van der Waals surface area contributed by atoms with Crippen molar-refractivity contribution in [3.05, 3.63) is 40.7 Å². The van der Waals surface area contributed by atoms with Crippen LogP contribution in [-0.4, -0.2) is 102 Å². The Morgan fingerprint density at radius 3 is 2.57 bits per heavy atom. The number of nitrogens with zero attached hydrogens (tertiary/aromatic N) is 5. The summed E-state index contributed by atoms with van der Waals surface area (Å²) in [6, 6.07) is 1.25. The quantitative estimate of drug-likeness (QED) is 0.470. The van der Waals surface area contributed by atoms with Gasteiger partial charge in [0.15, 0.2) is 12.3 Å². The lowest BCUT2D eigenvalue weighted by molar-refractivity contribution is -0.441. The van der Waals surface area contributed by atoms with Crippen molar-refractivity contribution in [1.82, 2.24) is 24.6 Å². The second kappa shape index (κ2) is 9.90. The number of hydrogen-bond donors (Lipinski definition) is 1. The fraction of sp³-hybridized carbons (Fsp3) is 0.600. The van der Waals surface area contributed by atoms with Crippen molar-refractivity contribution in [3.8, 4) is 0 Å². The Kier molecular flexibility index (Phi) is 6.94. The van der Waals surface area contributed by atoms with Gasteiger partial charge in [-0.3, -0.25) is 0 Å². The maximum atomic E-state index is 13.5. The van der Waals surface area contributed by atoms with Gasteiger partial charge in [-0.25, -0.2) is 17.9 Å². The molecule has 0 aromatic carbocycles. The maximum Gasteiger partial charge on any atom is 0.501 e. The molecule has 0 radical (unpaired) electrons. The van der Waals surface area contributed by atoms with E-state index in [-0.39, 0.29) is 11.4 Å². The van der Waals surface area contributed by atoms with Gasteiger partial charge in [0.1, 0.15) is 11.6 Å². The van der Waals surface area contributed by atoms with Gasteiger partial charge in [0.05, 0.1) is 17.1 Å². The van der Waals surface area contributed by atoms with E-state index >= 15 is 0 Å². The summed E-state index contributed by atoms with van der Waals surface area (Å²) in [5, 5.41) is 3.86. The Bertz CT molecular complexity index is 1280. The molecule has 2 aliphatic heterocycles. The first-order chi connectivity index (χ1) is 17.5. The van der Waals surface area contributed by atoms with Gasteiger partial charge in [0.2, 0.25) is 10.0 Å². The van der Waals surface area contributed by atoms with Crippen molar-refractivity contribution in [2.45, 2.75) is 45.2 Å². The van der Waals surface area contributed by atoms with E-state index in [1.165, 1.54) is 12.2 Å². The van der Waals surface area contributed by atoms with Gasteiger partial charge in [0.25, 0.3) is 0 Å². The molecule has 1 aromatic rings. The summed E-state index contributed by atoms with van der Waals surface area (Å²) in [5.41, 5.74) is 0.724. The highest BCUT2D eigenvalue weighted by Crippen LogP contribution is 2.36. The zero-order valence-electron chi connectivity index (χ0n) is 21.6. The molecule has 5 rings (SSSR count). The zero-order valence-corrected chi connectivity index (χ0v) is 22.5. The summed E-state index contributed by atoms with van der Waals surface area (Å²) in [4.78, 5) is 32.9. The minimum atomic E-state index is -3.79. The fourth-order valence-electron chi connectivity index (χ4n) is 4.94. The summed E-state index contributed by atoms with van der Waals surface area (Å²) >= 11 is 0. The molecule has 200 valence electrons. The number of hydrogen-bond acceptors (Lipinski definition) is 8. The van der Waals surface area contributed by atoms with Crippen molar-refractivity contribution in [1.29, 1.82) is 0 Å². The van der Waals surface area contributed by atoms with Gasteiger partial charge < -0.3 is 14.3 Å². The third-order valence-corrected chi connectivity index (χ3v) is 9.16. The van der Waals surface area contributed by atoms with Crippen LogP contribution in [0.1, 0.15) is 37.6 Å². The van der Waals surface area contributed by atoms with Gasteiger partial charge in [-0.1, -0.05) is 5.16 Å². The molecular weight excluding hydrogens is 496 g/mol. The largest absolute Gasteiger partial charge is 0.501 e. The number of nitrogens with one attached hydrogen (secondary N) is 1. The first kappa shape index (κ1) is 26.0. The number of carbonyl (C=O) groups excluding carboxylic acids is 2. The van der Waals surface area contributed by atoms with Crippen LogP contribution in [0.25, 0.3) is 0 Å². The lowest BCUT2D eigenvalue weighted by atomic mass is 9.94. The normalized spacial score (nSPS) is 24.5. The van der Waals surface area contributed by atoms with E-state index in [1.54, 1.807) is 23.6 Å². The Hall–Kier alpha value is -2.67. The zero-order chi connectivity index (χ0) is 26.4. The van der Waals surface area contributed by atoms with Crippen LogP contribution in [0.4, 0.5) is 4.79 Å². The Labute approximate surface area is 217 Å². The summed E-state index contributed by atoms with van der Waals surface area (Å²) in [7, 11) is -1.68. The number of imide groups is 1. The van der Waals surface area contributed by atoms with Crippen molar-refractivity contribution in [2.75, 3.05) is 46.3 Å². The molecule has 2 fully saturated rings. The number of aryl methyl sites for hydroxylation is 1. The van der Waals surface area contributed by atoms with Gasteiger partial charge >= 0.3 is 11.9 Å². The number of sulfonamides is 1. The smallest absolute Gasteiger partial charge is 0.357 e. The van der Waals surface area contributed by atoms with E-state index in [9.17, 15) is 18.0 Å². The highest BCUT2D eigenvalue weighted by molar-refractivity contribution is 7.93. The average Bonchev–Trinajstić information content (AvgIpc) is 3.42. The molecule has 3 heterocycles. The molecule has 4 aliphatic rings. The topological polar surface area (TPSA) is 119 Å². The average molecular weight is 532 g/mol. The Balaban J connectivity index is 1.40. The van der Waals surface area contributed by atoms with Crippen molar-refractivity contribution >= 4 is 27.7 Å². The van der Waals surface area contributed by atoms with Crippen LogP contribution >= 0.6 is 0 Å². The molecule has 1 N–H and O–H groups in total. The number of likely N-dealkylation sites (N-methyl/N-ethyl adjacent to an activating group) is 1. The highest BCUT2D eigenvalue weighted by atomic mass is 32.2. The fourth-order valence-corrected chi connectivity index (χ4v) is 6.48. The Morgan fingerprint density at radius 1 is 1.19 bits per heavy atom. The van der Waals surface area contributed by atoms with Crippen LogP contribution in [0.2, 0.25) is 0 Å². The first-order valence-corrected chi connectivity index (χ1v) is 14.3. The summed E-state index contributed by atoms with van der Waals surface area (Å²) in [6.45, 7) is 8.82. The summed E-state index contributed by atoms with van der Waals surface area (Å²) in [6.07, 6.45) is 6.85. The second-order valence-corrected chi connectivity index (χ2v) is 12.4. The van der Waals surface area contributed by atoms with Crippen LogP contribution in [0.5, 0.6) is 0 Å². The van der Waals surface area contributed by atoms with E-state index in [0.717, 1.165) is 56.9 Å². The number of piperazine rings is 1. The molecule has 2 aliphatic carbocycles. The first-order valence-electron chi connectivity index (χ1n) is 12.8. The van der Waals surface area contributed by atoms with E-state index in [1.807, 2.05) is 6.92 Å². The van der Waals surface area contributed by atoms with Crippen LogP contribution in [0, 0.1) is 12.8 Å². The minimum Gasteiger partial charge on any atom is -0.357 e. The van der Waals surface area contributed by atoms with Gasteiger partial charge in [0, 0.05) is 44.3 Å². The monoisotopic (exact) mass is 531 g/mol. The van der Waals surface area contributed by atoms with Crippen LogP contribution < -0.4 is 4.72 Å². The molecule has 1 aromatic heterocycles. The second-order valence-electron chi connectivity index (χ2n) is 10.8. The summed E-state index contributed by atoms with van der Waals surface area (Å²) < 4.78 is 35.7. The third kappa shape index (κ3) is 5.62. The van der Waals surface area contributed by atoms with E-state index in [2.05, 4.69) is 26.7 Å². The number of allylic oxidation sites excluding steroid dienone is 2. The predicted molar refractivity (Wildman–Crippen MR) is 136 cm³/mol. The van der Waals surface area contributed by atoms with Crippen LogP contribution in [-0.2, 0) is 21.4 Å². The Morgan fingerprint density at radius 2 is 1.92 bits per heavy atom. The van der Waals surface area contributed by atoms with E-state index in [4.69, 9.17) is 4.52 Å². The van der Waals surface area contributed by atoms with Crippen LogP contribution in [0.3, 0.4) is 0 Å². The van der Waals surface area contributed by atoms with Gasteiger partial charge in [-0.15, -0.1) is 0 Å². The molecule has 37 heavy (non-hydrogen) atoms. The molecule has 3 amide bonds. The number of rotatable bonds is 9. The van der Waals surface area contributed by atoms with Gasteiger partial charge in [-0.2, -0.15) is 14.3 Å². The molecule has 11 nitrogen and oxygen atoms in total. The molecule has 1 atom stereocenters. The van der Waals surface area contributed by atoms with Crippen molar-refractivity contribution in [3.63, 3.8) is 0 Å². The van der Waals surface area contributed by atoms with Crippen LogP contribution in [0.15, 0.2) is 33.7 Å². The standard InChI is InChI=1S/C25H35N6O5S/c1-18-15-19(36-26-18)17-31-23(32)21-16-20(37(34,35)27-25(2)7-8-25)5-6-22(21)30(24(31)33)10-4-9-29-13-11-28(3)12-14-29/h5-6,15-16,21,27H,4,7-14,17H2,1-3H3/q+1. The highest BCUT2D eigenvalue weighted by Gasteiger charge is 2.49. The molecule has 1 unspecified atom stereocenters. The molecular formula is C25H35N6O5S+.